The second-order valence-corrected chi connectivity index (χ2v) is 8.55. The van der Waals surface area contributed by atoms with Crippen molar-refractivity contribution >= 4 is 17.7 Å². The second-order valence-electron chi connectivity index (χ2n) is 8.55. The molecule has 2 aromatic carbocycles. The Morgan fingerprint density at radius 2 is 1.89 bits per heavy atom. The second kappa shape index (κ2) is 11.9. The van der Waals surface area contributed by atoms with Crippen LogP contribution >= 0.6 is 0 Å². The van der Waals surface area contributed by atoms with Crippen molar-refractivity contribution in [2.75, 3.05) is 32.8 Å². The van der Waals surface area contributed by atoms with E-state index < -0.39 is 0 Å². The first-order valence-electron chi connectivity index (χ1n) is 11.9. The van der Waals surface area contributed by atoms with Crippen molar-refractivity contribution in [3.63, 3.8) is 0 Å². The Hall–Kier alpha value is -4.28. The molecule has 4 rings (SSSR count). The van der Waals surface area contributed by atoms with Gasteiger partial charge in [0.15, 0.2) is 0 Å². The van der Waals surface area contributed by atoms with Crippen LogP contribution in [0.4, 0.5) is 0 Å². The fourth-order valence-corrected chi connectivity index (χ4v) is 3.91. The van der Waals surface area contributed by atoms with Gasteiger partial charge in [-0.05, 0) is 53.6 Å². The smallest absolute Gasteiger partial charge is 0.255 e. The normalized spacial score (nSPS) is 15.5. The Labute approximate surface area is 208 Å². The molecular formula is C25H29N7O4. The highest BCUT2D eigenvalue weighted by molar-refractivity contribution is 5.97. The van der Waals surface area contributed by atoms with Crippen LogP contribution in [0.2, 0.25) is 0 Å². The zero-order valence-electron chi connectivity index (χ0n) is 20.1. The first-order valence-corrected chi connectivity index (χ1v) is 11.9. The molecular weight excluding hydrogens is 462 g/mol. The third kappa shape index (κ3) is 6.65. The highest BCUT2D eigenvalue weighted by Gasteiger charge is 2.18. The number of nitrogens with one attached hydrogen (secondary N) is 2. The zero-order chi connectivity index (χ0) is 25.3. The van der Waals surface area contributed by atoms with Gasteiger partial charge < -0.3 is 20.3 Å². The number of ether oxygens (including phenoxy) is 1. The molecule has 0 saturated heterocycles. The summed E-state index contributed by atoms with van der Waals surface area (Å²) in [7, 11) is 0. The summed E-state index contributed by atoms with van der Waals surface area (Å²) in [5.74, 6) is -0.0856. The van der Waals surface area contributed by atoms with Crippen LogP contribution in [-0.2, 0) is 11.3 Å². The van der Waals surface area contributed by atoms with Crippen molar-refractivity contribution in [1.82, 2.24) is 35.7 Å². The Bertz CT molecular complexity index is 1200. The lowest BCUT2D eigenvalue weighted by molar-refractivity contribution is -0.121. The van der Waals surface area contributed by atoms with Crippen LogP contribution in [0.5, 0.6) is 5.75 Å². The molecule has 188 valence electrons. The lowest BCUT2D eigenvalue weighted by Crippen LogP contribution is -2.39. The number of carbonyl (C=O) groups excluding carboxylic acids is 3. The summed E-state index contributed by atoms with van der Waals surface area (Å²) in [5, 5.41) is 16.8. The van der Waals surface area contributed by atoms with Gasteiger partial charge in [0.1, 0.15) is 18.7 Å². The number of benzene rings is 2. The number of amides is 3. The number of carbonyl (C=O) groups is 3. The average Bonchev–Trinajstić information content (AvgIpc) is 3.39. The quantitative estimate of drug-likeness (QED) is 0.563. The maximum atomic E-state index is 13.3. The van der Waals surface area contributed by atoms with Crippen LogP contribution in [0.3, 0.4) is 0 Å². The Kier molecular flexibility index (Phi) is 8.22. The van der Waals surface area contributed by atoms with E-state index >= 15 is 0 Å². The third-order valence-electron chi connectivity index (χ3n) is 5.78. The number of fused-ring (bicyclic) bond motifs is 1. The molecule has 0 unspecified atom stereocenters. The molecule has 1 aliphatic rings. The summed E-state index contributed by atoms with van der Waals surface area (Å²) in [6, 6.07) is 12.6. The van der Waals surface area contributed by atoms with Gasteiger partial charge in [0, 0.05) is 31.6 Å². The maximum absolute atomic E-state index is 13.3. The molecule has 11 heteroatoms. The van der Waals surface area contributed by atoms with Gasteiger partial charge in [-0.15, -0.1) is 5.10 Å². The highest BCUT2D eigenvalue weighted by Crippen LogP contribution is 2.20. The lowest BCUT2D eigenvalue weighted by Gasteiger charge is -2.23. The summed E-state index contributed by atoms with van der Waals surface area (Å²) < 4.78 is 7.34. The third-order valence-corrected chi connectivity index (χ3v) is 5.78. The molecule has 0 fully saturated rings. The molecule has 0 aliphatic carbocycles. The summed E-state index contributed by atoms with van der Waals surface area (Å²) in [5.41, 5.74) is 2.83. The van der Waals surface area contributed by atoms with E-state index in [4.69, 9.17) is 4.74 Å². The molecule has 2 N–H and O–H groups in total. The minimum Gasteiger partial charge on any atom is -0.491 e. The predicted molar refractivity (Wildman–Crippen MR) is 131 cm³/mol. The van der Waals surface area contributed by atoms with Crippen LogP contribution in [0.1, 0.15) is 44.7 Å². The summed E-state index contributed by atoms with van der Waals surface area (Å²) in [6.45, 7) is 3.94. The standard InChI is InChI=1S/C25H29N7O4/c1-18-4-9-22-21(15-18)24(34)27-10-13-31(12-2-3-23(33)26-11-14-36-22)25(35)20-7-5-19(6-8-20)16-32-17-28-29-30-32/h4-9,15,17H,2-3,10-14,16H2,1H3,(H,26,33)(H,27,34). The van der Waals surface area contributed by atoms with Gasteiger partial charge in [-0.1, -0.05) is 23.8 Å². The van der Waals surface area contributed by atoms with Crippen molar-refractivity contribution in [3.8, 4) is 5.75 Å². The minimum absolute atomic E-state index is 0.105. The van der Waals surface area contributed by atoms with Gasteiger partial charge in [-0.25, -0.2) is 4.68 Å². The number of hydrogen-bond donors (Lipinski definition) is 2. The molecule has 0 saturated carbocycles. The number of tetrazole rings is 1. The van der Waals surface area contributed by atoms with Crippen molar-refractivity contribution in [3.05, 3.63) is 71.0 Å². The molecule has 0 bridgehead atoms. The molecule has 11 nitrogen and oxygen atoms in total. The van der Waals surface area contributed by atoms with E-state index in [-0.39, 0.29) is 37.3 Å². The summed E-state index contributed by atoms with van der Waals surface area (Å²) >= 11 is 0. The van der Waals surface area contributed by atoms with Crippen molar-refractivity contribution in [2.45, 2.75) is 26.3 Å². The van der Waals surface area contributed by atoms with Gasteiger partial charge in [-0.3, -0.25) is 14.4 Å². The van der Waals surface area contributed by atoms with E-state index in [1.165, 1.54) is 6.33 Å². The van der Waals surface area contributed by atoms with Gasteiger partial charge in [0.25, 0.3) is 11.8 Å². The summed E-state index contributed by atoms with van der Waals surface area (Å²) in [4.78, 5) is 40.1. The van der Waals surface area contributed by atoms with Gasteiger partial charge >= 0.3 is 0 Å². The number of hydrogen-bond acceptors (Lipinski definition) is 7. The van der Waals surface area contributed by atoms with Crippen LogP contribution < -0.4 is 15.4 Å². The molecule has 36 heavy (non-hydrogen) atoms. The first-order chi connectivity index (χ1) is 17.5. The van der Waals surface area contributed by atoms with Crippen molar-refractivity contribution < 1.29 is 19.1 Å². The van der Waals surface area contributed by atoms with Crippen molar-refractivity contribution in [2.24, 2.45) is 0 Å². The Morgan fingerprint density at radius 3 is 2.67 bits per heavy atom. The van der Waals surface area contributed by atoms with Crippen LogP contribution in [0, 0.1) is 6.92 Å². The molecule has 0 spiro atoms. The van der Waals surface area contributed by atoms with Crippen molar-refractivity contribution in [1.29, 1.82) is 0 Å². The minimum atomic E-state index is -0.271. The van der Waals surface area contributed by atoms with E-state index in [2.05, 4.69) is 26.2 Å². The SMILES string of the molecule is Cc1ccc2c(c1)C(=O)NCCN(C(=O)c1ccc(Cn3cnnn3)cc1)CCCC(=O)NCCO2. The van der Waals surface area contributed by atoms with Crippen LogP contribution in [0.25, 0.3) is 0 Å². The molecule has 1 aliphatic heterocycles. The average molecular weight is 492 g/mol. The van der Waals surface area contributed by atoms with Gasteiger partial charge in [0.2, 0.25) is 5.91 Å². The van der Waals surface area contributed by atoms with E-state index in [0.717, 1.165) is 11.1 Å². The molecule has 1 aromatic heterocycles. The number of aromatic nitrogens is 4. The zero-order valence-corrected chi connectivity index (χ0v) is 20.1. The predicted octanol–water partition coefficient (Wildman–Crippen LogP) is 1.19. The lowest BCUT2D eigenvalue weighted by atomic mass is 10.1. The van der Waals surface area contributed by atoms with Crippen LogP contribution in [-0.4, -0.2) is 75.6 Å². The number of rotatable bonds is 3. The fourth-order valence-electron chi connectivity index (χ4n) is 3.91. The Morgan fingerprint density at radius 1 is 1.06 bits per heavy atom. The molecule has 3 aromatic rings. The van der Waals surface area contributed by atoms with Crippen LogP contribution in [0.15, 0.2) is 48.8 Å². The number of aryl methyl sites for hydroxylation is 1. The largest absolute Gasteiger partial charge is 0.491 e. The van der Waals surface area contributed by atoms with Gasteiger partial charge in [0.05, 0.1) is 18.7 Å². The fraction of sp³-hybridized carbons (Fsp3) is 0.360. The molecule has 2 heterocycles. The molecule has 3 amide bonds. The monoisotopic (exact) mass is 491 g/mol. The topological polar surface area (TPSA) is 131 Å². The van der Waals surface area contributed by atoms with E-state index in [0.29, 0.717) is 49.5 Å². The highest BCUT2D eigenvalue weighted by atomic mass is 16.5. The van der Waals surface area contributed by atoms with E-state index in [9.17, 15) is 14.4 Å². The van der Waals surface area contributed by atoms with E-state index in [1.54, 1.807) is 33.8 Å². The number of nitrogens with zero attached hydrogens (tertiary/aromatic N) is 5. The first kappa shape index (κ1) is 24.8. The Balaban J connectivity index is 1.46. The molecule has 0 atom stereocenters. The molecule has 0 radical (unpaired) electrons. The van der Waals surface area contributed by atoms with E-state index in [1.807, 2.05) is 25.1 Å². The van der Waals surface area contributed by atoms with Gasteiger partial charge in [-0.2, -0.15) is 0 Å². The maximum Gasteiger partial charge on any atom is 0.255 e. The summed E-state index contributed by atoms with van der Waals surface area (Å²) in [6.07, 6.45) is 2.32.